The van der Waals surface area contributed by atoms with Crippen LogP contribution in [0.2, 0.25) is 0 Å². The first-order chi connectivity index (χ1) is 12.4. The molecule has 7 heteroatoms. The first-order valence-corrected chi connectivity index (χ1v) is 7.89. The molecule has 0 radical (unpaired) electrons. The highest BCUT2D eigenvalue weighted by Gasteiger charge is 2.19. The molecule has 0 aliphatic rings. The predicted molar refractivity (Wildman–Crippen MR) is 93.8 cm³/mol. The van der Waals surface area contributed by atoms with Crippen molar-refractivity contribution in [3.05, 3.63) is 53.8 Å². The number of carbonyl (C=O) groups excluding carboxylic acids is 2. The third-order valence-electron chi connectivity index (χ3n) is 3.60. The second-order valence-corrected chi connectivity index (χ2v) is 5.49. The van der Waals surface area contributed by atoms with Crippen molar-refractivity contribution in [2.75, 3.05) is 19.5 Å². The Morgan fingerprint density at radius 2 is 1.88 bits per heavy atom. The van der Waals surface area contributed by atoms with Crippen LogP contribution in [0, 0.1) is 5.82 Å². The Kier molecular flexibility index (Phi) is 6.54. The molecular weight excluding hydrogens is 341 g/mol. The Hall–Kier alpha value is -3.09. The highest BCUT2D eigenvalue weighted by molar-refractivity contribution is 5.95. The molecule has 0 aliphatic carbocycles. The van der Waals surface area contributed by atoms with Crippen LogP contribution in [0.1, 0.15) is 12.5 Å². The van der Waals surface area contributed by atoms with Crippen LogP contribution in [0.5, 0.6) is 11.5 Å². The molecular formula is C19H20FNO5. The van der Waals surface area contributed by atoms with Gasteiger partial charge in [0.25, 0.3) is 5.91 Å². The molecule has 0 unspecified atom stereocenters. The van der Waals surface area contributed by atoms with E-state index < -0.39 is 23.8 Å². The molecule has 6 nitrogen and oxygen atoms in total. The maximum Gasteiger partial charge on any atom is 0.311 e. The van der Waals surface area contributed by atoms with Crippen LogP contribution in [0.3, 0.4) is 0 Å². The Balaban J connectivity index is 1.95. The lowest BCUT2D eigenvalue weighted by atomic mass is 10.1. The average molecular weight is 361 g/mol. The summed E-state index contributed by atoms with van der Waals surface area (Å²) in [5.41, 5.74) is 0.894. The molecule has 0 bridgehead atoms. The SMILES string of the molecule is COc1ccc(CC(=O)O[C@@H](C)C(=O)Nc2cccc(F)c2)c(OC)c1. The van der Waals surface area contributed by atoms with Crippen molar-refractivity contribution < 1.29 is 28.2 Å². The number of anilines is 1. The number of nitrogens with one attached hydrogen (secondary N) is 1. The maximum absolute atomic E-state index is 13.1. The molecule has 26 heavy (non-hydrogen) atoms. The molecule has 2 aromatic rings. The smallest absolute Gasteiger partial charge is 0.311 e. The summed E-state index contributed by atoms with van der Waals surface area (Å²) in [5.74, 6) is -0.528. The second kappa shape index (κ2) is 8.84. The van der Waals surface area contributed by atoms with Crippen molar-refractivity contribution in [2.45, 2.75) is 19.4 Å². The quantitative estimate of drug-likeness (QED) is 0.768. The second-order valence-electron chi connectivity index (χ2n) is 5.49. The number of esters is 1. The van der Waals surface area contributed by atoms with Crippen LogP contribution < -0.4 is 14.8 Å². The zero-order valence-corrected chi connectivity index (χ0v) is 14.7. The molecule has 0 saturated carbocycles. The van der Waals surface area contributed by atoms with Gasteiger partial charge in [-0.25, -0.2) is 4.39 Å². The number of methoxy groups -OCH3 is 2. The van der Waals surface area contributed by atoms with Gasteiger partial charge in [-0.05, 0) is 31.2 Å². The lowest BCUT2D eigenvalue weighted by molar-refractivity contribution is -0.152. The number of hydrogen-bond donors (Lipinski definition) is 1. The largest absolute Gasteiger partial charge is 0.497 e. The summed E-state index contributed by atoms with van der Waals surface area (Å²) in [6.45, 7) is 1.44. The highest BCUT2D eigenvalue weighted by atomic mass is 19.1. The van der Waals surface area contributed by atoms with E-state index in [1.54, 1.807) is 18.2 Å². The number of ether oxygens (including phenoxy) is 3. The van der Waals surface area contributed by atoms with Gasteiger partial charge in [0, 0.05) is 17.3 Å². The molecule has 2 rings (SSSR count). The fraction of sp³-hybridized carbons (Fsp3) is 0.263. The van der Waals surface area contributed by atoms with Crippen LogP contribution in [0.4, 0.5) is 10.1 Å². The van der Waals surface area contributed by atoms with E-state index in [1.807, 2.05) is 0 Å². The van der Waals surface area contributed by atoms with Crippen LogP contribution in [0.25, 0.3) is 0 Å². The van der Waals surface area contributed by atoms with Gasteiger partial charge in [0.05, 0.1) is 20.6 Å². The zero-order chi connectivity index (χ0) is 19.1. The van der Waals surface area contributed by atoms with Crippen molar-refractivity contribution >= 4 is 17.6 Å². The molecule has 0 aromatic heterocycles. The molecule has 0 spiro atoms. The number of amides is 1. The van der Waals surface area contributed by atoms with Gasteiger partial charge in [0.2, 0.25) is 0 Å². The van der Waals surface area contributed by atoms with Gasteiger partial charge in [-0.15, -0.1) is 0 Å². The van der Waals surface area contributed by atoms with E-state index in [4.69, 9.17) is 14.2 Å². The topological polar surface area (TPSA) is 73.9 Å². The number of carbonyl (C=O) groups is 2. The number of benzene rings is 2. The van der Waals surface area contributed by atoms with Crippen molar-refractivity contribution in [3.63, 3.8) is 0 Å². The molecule has 0 heterocycles. The minimum Gasteiger partial charge on any atom is -0.497 e. The Labute approximate surface area is 150 Å². The van der Waals surface area contributed by atoms with E-state index in [0.717, 1.165) is 0 Å². The van der Waals surface area contributed by atoms with Gasteiger partial charge in [0.15, 0.2) is 6.10 Å². The molecule has 1 N–H and O–H groups in total. The summed E-state index contributed by atoms with van der Waals surface area (Å²) >= 11 is 0. The maximum atomic E-state index is 13.1. The fourth-order valence-corrected chi connectivity index (χ4v) is 2.26. The average Bonchev–Trinajstić information content (AvgIpc) is 2.61. The van der Waals surface area contributed by atoms with Crippen LogP contribution in [-0.4, -0.2) is 32.2 Å². The summed E-state index contributed by atoms with van der Waals surface area (Å²) < 4.78 is 28.6. The van der Waals surface area contributed by atoms with Crippen molar-refractivity contribution in [1.82, 2.24) is 0 Å². The molecule has 2 aromatic carbocycles. The van der Waals surface area contributed by atoms with Crippen LogP contribution in [-0.2, 0) is 20.7 Å². The molecule has 1 atom stereocenters. The lowest BCUT2D eigenvalue weighted by Gasteiger charge is -2.15. The van der Waals surface area contributed by atoms with Gasteiger partial charge in [-0.1, -0.05) is 12.1 Å². The normalized spacial score (nSPS) is 11.4. The van der Waals surface area contributed by atoms with Crippen molar-refractivity contribution in [1.29, 1.82) is 0 Å². The van der Waals surface area contributed by atoms with Crippen molar-refractivity contribution in [2.24, 2.45) is 0 Å². The van der Waals surface area contributed by atoms with Gasteiger partial charge < -0.3 is 19.5 Å². The van der Waals surface area contributed by atoms with Crippen LogP contribution >= 0.6 is 0 Å². The van der Waals surface area contributed by atoms with Crippen LogP contribution in [0.15, 0.2) is 42.5 Å². The Bertz CT molecular complexity index is 793. The van der Waals surface area contributed by atoms with E-state index in [2.05, 4.69) is 5.32 Å². The van der Waals surface area contributed by atoms with Crippen molar-refractivity contribution in [3.8, 4) is 11.5 Å². The summed E-state index contributed by atoms with van der Waals surface area (Å²) in [4.78, 5) is 24.2. The van der Waals surface area contributed by atoms with Gasteiger partial charge in [-0.2, -0.15) is 0 Å². The Morgan fingerprint density at radius 3 is 2.54 bits per heavy atom. The number of rotatable bonds is 7. The highest BCUT2D eigenvalue weighted by Crippen LogP contribution is 2.25. The lowest BCUT2D eigenvalue weighted by Crippen LogP contribution is -2.30. The zero-order valence-electron chi connectivity index (χ0n) is 14.7. The fourth-order valence-electron chi connectivity index (χ4n) is 2.26. The van der Waals surface area contributed by atoms with Gasteiger partial charge >= 0.3 is 5.97 Å². The molecule has 0 aliphatic heterocycles. The molecule has 0 fully saturated rings. The minimum atomic E-state index is -1.03. The Morgan fingerprint density at radius 1 is 1.12 bits per heavy atom. The third kappa shape index (κ3) is 5.20. The van der Waals surface area contributed by atoms with E-state index in [0.29, 0.717) is 17.1 Å². The summed E-state index contributed by atoms with van der Waals surface area (Å²) in [6, 6.07) is 10.5. The first-order valence-electron chi connectivity index (χ1n) is 7.89. The van der Waals surface area contributed by atoms with E-state index in [1.165, 1.54) is 45.4 Å². The summed E-state index contributed by atoms with van der Waals surface area (Å²) in [5, 5.41) is 2.49. The van der Waals surface area contributed by atoms with E-state index >= 15 is 0 Å². The minimum absolute atomic E-state index is 0.0647. The summed E-state index contributed by atoms with van der Waals surface area (Å²) in [6.07, 6.45) is -1.10. The van der Waals surface area contributed by atoms with E-state index in [9.17, 15) is 14.0 Å². The van der Waals surface area contributed by atoms with Gasteiger partial charge in [0.1, 0.15) is 17.3 Å². The van der Waals surface area contributed by atoms with E-state index in [-0.39, 0.29) is 12.1 Å². The number of hydrogen-bond acceptors (Lipinski definition) is 5. The monoisotopic (exact) mass is 361 g/mol. The predicted octanol–water partition coefficient (Wildman–Crippen LogP) is 2.96. The molecule has 138 valence electrons. The standard InChI is InChI=1S/C19H20FNO5/c1-12(19(23)21-15-6-4-5-14(20)10-15)26-18(22)9-13-7-8-16(24-2)11-17(13)25-3/h4-8,10-12H,9H2,1-3H3,(H,21,23)/t12-/m0/s1. The van der Waals surface area contributed by atoms with Gasteiger partial charge in [-0.3, -0.25) is 9.59 Å². The molecule has 1 amide bonds. The third-order valence-corrected chi connectivity index (χ3v) is 3.60. The first kappa shape index (κ1) is 19.2. The number of halogens is 1. The summed E-state index contributed by atoms with van der Waals surface area (Å²) in [7, 11) is 3.01. The molecule has 0 saturated heterocycles.